The number of fused-ring (bicyclic) bond motifs is 1. The summed E-state index contributed by atoms with van der Waals surface area (Å²) in [4.78, 5) is 27.2. The van der Waals surface area contributed by atoms with Gasteiger partial charge in [-0.25, -0.2) is 9.37 Å². The molecule has 2 aromatic heterocycles. The number of hydrogen-bond acceptors (Lipinski definition) is 3. The van der Waals surface area contributed by atoms with Gasteiger partial charge < -0.3 is 9.72 Å². The highest BCUT2D eigenvalue weighted by Gasteiger charge is 2.39. The first-order valence-electron chi connectivity index (χ1n) is 7.33. The molecule has 5 nitrogen and oxygen atoms in total. The summed E-state index contributed by atoms with van der Waals surface area (Å²) in [6.45, 7) is 1.57. The molecule has 1 amide bonds. The number of amides is 1. The number of nitrogens with one attached hydrogen (secondary N) is 1. The zero-order chi connectivity index (χ0) is 19.1. The monoisotopic (exact) mass is 365 g/mol. The van der Waals surface area contributed by atoms with Crippen LogP contribution in [0.3, 0.4) is 0 Å². The highest BCUT2D eigenvalue weighted by molar-refractivity contribution is 6.09. The van der Waals surface area contributed by atoms with E-state index in [-0.39, 0.29) is 22.6 Å². The number of benzene rings is 1. The molecule has 134 valence electrons. The predicted molar refractivity (Wildman–Crippen MR) is 84.4 cm³/mol. The Morgan fingerprint density at radius 1 is 1.08 bits per heavy atom. The minimum absolute atomic E-state index is 0.137. The van der Waals surface area contributed by atoms with Crippen LogP contribution in [-0.2, 0) is 4.79 Å². The zero-order valence-corrected chi connectivity index (χ0v) is 13.3. The molecular formula is C17H11F4N3O2. The summed E-state index contributed by atoms with van der Waals surface area (Å²) in [5.41, 5.74) is 0.954. The van der Waals surface area contributed by atoms with Crippen molar-refractivity contribution in [1.29, 1.82) is 0 Å². The molecule has 0 atom stereocenters. The molecule has 0 radical (unpaired) electrons. The number of aromatic nitrogens is 2. The highest BCUT2D eigenvalue weighted by atomic mass is 19.4. The van der Waals surface area contributed by atoms with Crippen LogP contribution in [0.15, 0.2) is 42.7 Å². The summed E-state index contributed by atoms with van der Waals surface area (Å²) >= 11 is 0. The number of pyridine rings is 1. The Morgan fingerprint density at radius 3 is 2.42 bits per heavy atom. The molecule has 0 aliphatic heterocycles. The summed E-state index contributed by atoms with van der Waals surface area (Å²) in [7, 11) is 0. The smallest absolute Gasteiger partial charge is 0.304 e. The molecule has 1 aromatic carbocycles. The van der Waals surface area contributed by atoms with Crippen LogP contribution in [0.2, 0.25) is 0 Å². The van der Waals surface area contributed by atoms with Crippen LogP contribution in [0.25, 0.3) is 5.65 Å². The summed E-state index contributed by atoms with van der Waals surface area (Å²) in [6, 6.07) is 6.89. The van der Waals surface area contributed by atoms with Gasteiger partial charge in [0.2, 0.25) is 0 Å². The lowest BCUT2D eigenvalue weighted by Gasteiger charge is -2.04. The Bertz CT molecular complexity index is 1020. The number of carbonyl (C=O) groups is 2. The maximum absolute atomic E-state index is 13.6. The number of anilines is 1. The first-order chi connectivity index (χ1) is 12.1. The maximum atomic E-state index is 13.6. The molecule has 0 aliphatic rings. The minimum atomic E-state index is -5.04. The average Bonchev–Trinajstić information content (AvgIpc) is 2.97. The fourth-order valence-electron chi connectivity index (χ4n) is 2.27. The van der Waals surface area contributed by atoms with Crippen LogP contribution in [0.4, 0.5) is 23.4 Å². The second-order valence-corrected chi connectivity index (χ2v) is 5.55. The Balaban J connectivity index is 1.90. The number of nitrogens with zero attached hydrogens (tertiary/aromatic N) is 2. The fraction of sp³-hybridized carbons (Fsp3) is 0.118. The zero-order valence-electron chi connectivity index (χ0n) is 13.3. The minimum Gasteiger partial charge on any atom is -0.304 e. The largest absolute Gasteiger partial charge is 0.471 e. The number of alkyl halides is 3. The van der Waals surface area contributed by atoms with Crippen LogP contribution in [0, 0.1) is 12.7 Å². The number of halogens is 4. The van der Waals surface area contributed by atoms with Gasteiger partial charge >= 0.3 is 12.1 Å². The van der Waals surface area contributed by atoms with Crippen molar-refractivity contribution < 1.29 is 27.2 Å². The normalized spacial score (nSPS) is 11.6. The van der Waals surface area contributed by atoms with E-state index in [2.05, 4.69) is 4.98 Å². The summed E-state index contributed by atoms with van der Waals surface area (Å²) in [5, 5.41) is 1.63. The van der Waals surface area contributed by atoms with Gasteiger partial charge in [-0.2, -0.15) is 13.2 Å². The van der Waals surface area contributed by atoms with Gasteiger partial charge in [-0.05, 0) is 30.7 Å². The number of ketones is 1. The fourth-order valence-corrected chi connectivity index (χ4v) is 2.27. The molecule has 3 aromatic rings. The third-order valence-electron chi connectivity index (χ3n) is 3.65. The molecule has 0 spiro atoms. The molecule has 0 aliphatic carbocycles. The van der Waals surface area contributed by atoms with E-state index in [9.17, 15) is 27.2 Å². The van der Waals surface area contributed by atoms with Crippen LogP contribution in [0.1, 0.15) is 21.5 Å². The van der Waals surface area contributed by atoms with Crippen molar-refractivity contribution in [1.82, 2.24) is 9.38 Å². The number of rotatable bonds is 3. The Morgan fingerprint density at radius 2 is 1.77 bits per heavy atom. The van der Waals surface area contributed by atoms with E-state index < -0.39 is 23.7 Å². The van der Waals surface area contributed by atoms with Crippen molar-refractivity contribution in [2.24, 2.45) is 0 Å². The average molecular weight is 365 g/mol. The van der Waals surface area contributed by atoms with Crippen LogP contribution in [-0.4, -0.2) is 27.3 Å². The molecule has 2 heterocycles. The van der Waals surface area contributed by atoms with E-state index in [1.807, 2.05) is 0 Å². The topological polar surface area (TPSA) is 63.5 Å². The van der Waals surface area contributed by atoms with Crippen molar-refractivity contribution in [3.63, 3.8) is 0 Å². The van der Waals surface area contributed by atoms with E-state index in [0.717, 1.165) is 12.3 Å². The number of aryl methyl sites for hydroxylation is 1. The SMILES string of the molecule is Cc1ccc(C(=O)c2ccc3nc(NC(=O)C(F)(F)F)cn3c2)cc1F. The number of imidazole rings is 1. The van der Waals surface area contributed by atoms with Gasteiger partial charge in [0.1, 0.15) is 11.5 Å². The second kappa shape index (κ2) is 6.25. The molecule has 0 unspecified atom stereocenters. The Kier molecular flexibility index (Phi) is 4.23. The van der Waals surface area contributed by atoms with Gasteiger partial charge in [0.05, 0.1) is 6.20 Å². The van der Waals surface area contributed by atoms with Crippen LogP contribution >= 0.6 is 0 Å². The van der Waals surface area contributed by atoms with E-state index in [4.69, 9.17) is 0 Å². The lowest BCUT2D eigenvalue weighted by Crippen LogP contribution is -2.30. The van der Waals surface area contributed by atoms with Gasteiger partial charge in [-0.1, -0.05) is 12.1 Å². The van der Waals surface area contributed by atoms with Gasteiger partial charge in [-0.15, -0.1) is 0 Å². The molecule has 9 heteroatoms. The molecule has 0 saturated carbocycles. The van der Waals surface area contributed by atoms with Gasteiger partial charge in [-0.3, -0.25) is 9.59 Å². The third-order valence-corrected chi connectivity index (χ3v) is 3.65. The molecule has 3 rings (SSSR count). The molecule has 26 heavy (non-hydrogen) atoms. The van der Waals surface area contributed by atoms with E-state index in [1.165, 1.54) is 34.9 Å². The van der Waals surface area contributed by atoms with Gasteiger partial charge in [0.15, 0.2) is 11.6 Å². The van der Waals surface area contributed by atoms with Gasteiger partial charge in [0, 0.05) is 17.3 Å². The first-order valence-corrected chi connectivity index (χ1v) is 7.33. The standard InChI is InChI=1S/C17H11F4N3O2/c1-9-2-3-10(6-12(9)18)15(25)11-4-5-14-22-13(8-24(14)7-11)23-16(26)17(19,20)21/h2-8H,1H3,(H,23,26). The lowest BCUT2D eigenvalue weighted by atomic mass is 10.0. The second-order valence-electron chi connectivity index (χ2n) is 5.55. The summed E-state index contributed by atoms with van der Waals surface area (Å²) in [5.74, 6) is -3.43. The highest BCUT2D eigenvalue weighted by Crippen LogP contribution is 2.19. The maximum Gasteiger partial charge on any atom is 0.471 e. The Hall–Kier alpha value is -3.23. The number of carbonyl (C=O) groups excluding carboxylic acids is 2. The molecule has 0 fully saturated rings. The van der Waals surface area contributed by atoms with Crippen molar-refractivity contribution in [2.75, 3.05) is 5.32 Å². The molecule has 1 N–H and O–H groups in total. The van der Waals surface area contributed by atoms with Crippen molar-refractivity contribution in [2.45, 2.75) is 13.1 Å². The van der Waals surface area contributed by atoms with Crippen molar-refractivity contribution >= 4 is 23.2 Å². The van der Waals surface area contributed by atoms with Crippen molar-refractivity contribution in [3.05, 3.63) is 65.2 Å². The summed E-state index contributed by atoms with van der Waals surface area (Å²) < 4.78 is 51.8. The van der Waals surface area contributed by atoms with Crippen molar-refractivity contribution in [3.8, 4) is 0 Å². The first kappa shape index (κ1) is 17.6. The number of hydrogen-bond donors (Lipinski definition) is 1. The summed E-state index contributed by atoms with van der Waals surface area (Å²) in [6.07, 6.45) is -2.55. The third kappa shape index (κ3) is 3.41. The predicted octanol–water partition coefficient (Wildman–Crippen LogP) is 3.51. The molecule has 0 bridgehead atoms. The Labute approximate surface area is 144 Å². The molecule has 0 saturated heterocycles. The van der Waals surface area contributed by atoms with Gasteiger partial charge in [0.25, 0.3) is 0 Å². The van der Waals surface area contributed by atoms with Crippen LogP contribution < -0.4 is 5.32 Å². The van der Waals surface area contributed by atoms with E-state index in [0.29, 0.717) is 5.56 Å². The van der Waals surface area contributed by atoms with E-state index in [1.54, 1.807) is 12.2 Å². The lowest BCUT2D eigenvalue weighted by molar-refractivity contribution is -0.167. The quantitative estimate of drug-likeness (QED) is 0.571. The van der Waals surface area contributed by atoms with Crippen LogP contribution in [0.5, 0.6) is 0 Å². The van der Waals surface area contributed by atoms with E-state index >= 15 is 0 Å². The molecular weight excluding hydrogens is 354 g/mol.